The monoisotopic (exact) mass is 416 g/mol. The van der Waals surface area contributed by atoms with Gasteiger partial charge in [0.1, 0.15) is 5.75 Å². The van der Waals surface area contributed by atoms with Gasteiger partial charge in [-0.15, -0.1) is 0 Å². The second-order valence-corrected chi connectivity index (χ2v) is 9.44. The van der Waals surface area contributed by atoms with Gasteiger partial charge < -0.3 is 10.1 Å². The molecule has 1 saturated heterocycles. The Bertz CT molecular complexity index is 927. The summed E-state index contributed by atoms with van der Waals surface area (Å²) in [7, 11) is -3.48. The molecule has 0 aliphatic carbocycles. The topological polar surface area (TPSA) is 75.7 Å². The van der Waals surface area contributed by atoms with E-state index in [1.54, 1.807) is 16.4 Å². The Hall–Kier alpha value is -2.38. The molecule has 1 amide bonds. The molecule has 0 spiro atoms. The summed E-state index contributed by atoms with van der Waals surface area (Å²) in [4.78, 5) is 12.4. The first-order chi connectivity index (χ1) is 13.8. The Morgan fingerprint density at radius 3 is 2.14 bits per heavy atom. The molecule has 6 nitrogen and oxygen atoms in total. The summed E-state index contributed by atoms with van der Waals surface area (Å²) in [5, 5.41) is 2.81. The van der Waals surface area contributed by atoms with Gasteiger partial charge in [0.2, 0.25) is 10.0 Å². The molecule has 0 radical (unpaired) electrons. The Morgan fingerprint density at radius 2 is 1.55 bits per heavy atom. The summed E-state index contributed by atoms with van der Waals surface area (Å²) in [6, 6.07) is 12.1. The third kappa shape index (κ3) is 5.81. The fraction of sp³-hybridized carbons (Fsp3) is 0.409. The first-order valence-electron chi connectivity index (χ1n) is 9.96. The molecule has 2 aromatic carbocycles. The molecule has 1 aliphatic heterocycles. The van der Waals surface area contributed by atoms with Crippen LogP contribution in [0.1, 0.15) is 36.8 Å². The number of aryl methyl sites for hydroxylation is 2. The quantitative estimate of drug-likeness (QED) is 0.775. The molecule has 0 bridgehead atoms. The fourth-order valence-electron chi connectivity index (χ4n) is 3.53. The zero-order chi connectivity index (χ0) is 20.9. The lowest BCUT2D eigenvalue weighted by molar-refractivity contribution is -0.118. The zero-order valence-electron chi connectivity index (χ0n) is 17.0. The number of carbonyl (C=O) groups is 1. The minimum atomic E-state index is -3.48. The zero-order valence-corrected chi connectivity index (χ0v) is 17.8. The van der Waals surface area contributed by atoms with E-state index in [9.17, 15) is 13.2 Å². The van der Waals surface area contributed by atoms with Crippen LogP contribution in [0.25, 0.3) is 0 Å². The maximum atomic E-state index is 12.8. The molecule has 1 aliphatic rings. The van der Waals surface area contributed by atoms with Crippen molar-refractivity contribution in [2.75, 3.05) is 25.0 Å². The molecule has 1 N–H and O–H groups in total. The molecule has 3 rings (SSSR count). The smallest absolute Gasteiger partial charge is 0.262 e. The molecule has 0 unspecified atom stereocenters. The van der Waals surface area contributed by atoms with Gasteiger partial charge in [-0.05, 0) is 74.2 Å². The summed E-state index contributed by atoms with van der Waals surface area (Å²) in [6.07, 6.45) is 3.94. The van der Waals surface area contributed by atoms with Crippen molar-refractivity contribution in [3.8, 4) is 5.75 Å². The molecule has 0 aromatic heterocycles. The summed E-state index contributed by atoms with van der Waals surface area (Å²) in [6.45, 7) is 4.93. The average Bonchev–Trinajstić information content (AvgIpc) is 2.96. The molecule has 29 heavy (non-hydrogen) atoms. The minimum absolute atomic E-state index is 0.148. The second-order valence-electron chi connectivity index (χ2n) is 7.50. The molecule has 0 saturated carbocycles. The standard InChI is InChI=1S/C22H28N2O4S/c1-17-13-18(2)15-19(14-17)23-22(25)16-28-20-7-9-21(10-8-20)29(26,27)24-11-5-3-4-6-12-24/h7-10,13-15H,3-6,11-12,16H2,1-2H3,(H,23,25). The second kappa shape index (κ2) is 9.41. The van der Waals surface area contributed by atoms with Gasteiger partial charge >= 0.3 is 0 Å². The molecule has 1 heterocycles. The number of nitrogens with one attached hydrogen (secondary N) is 1. The maximum absolute atomic E-state index is 12.8. The normalized spacial score (nSPS) is 15.5. The highest BCUT2D eigenvalue weighted by Crippen LogP contribution is 2.22. The van der Waals surface area contributed by atoms with Crippen LogP contribution in [0.3, 0.4) is 0 Å². The van der Waals surface area contributed by atoms with Gasteiger partial charge in [0.15, 0.2) is 6.61 Å². The third-order valence-corrected chi connectivity index (χ3v) is 6.81. The summed E-state index contributed by atoms with van der Waals surface area (Å²) >= 11 is 0. The first-order valence-corrected chi connectivity index (χ1v) is 11.4. The van der Waals surface area contributed by atoms with Crippen molar-refractivity contribution < 1.29 is 17.9 Å². The predicted octanol–water partition coefficient (Wildman–Crippen LogP) is 3.89. The van der Waals surface area contributed by atoms with E-state index in [1.807, 2.05) is 32.0 Å². The van der Waals surface area contributed by atoms with Crippen molar-refractivity contribution in [3.05, 3.63) is 53.6 Å². The molecule has 7 heteroatoms. The van der Waals surface area contributed by atoms with E-state index in [4.69, 9.17) is 4.74 Å². The third-order valence-electron chi connectivity index (χ3n) is 4.90. The van der Waals surface area contributed by atoms with Gasteiger partial charge in [-0.3, -0.25) is 4.79 Å². The minimum Gasteiger partial charge on any atom is -0.484 e. The highest BCUT2D eigenvalue weighted by molar-refractivity contribution is 7.89. The number of carbonyl (C=O) groups excluding carboxylic acids is 1. The number of anilines is 1. The van der Waals surface area contributed by atoms with Gasteiger partial charge in [0, 0.05) is 18.8 Å². The van der Waals surface area contributed by atoms with Crippen molar-refractivity contribution in [2.45, 2.75) is 44.4 Å². The van der Waals surface area contributed by atoms with Crippen LogP contribution in [0.4, 0.5) is 5.69 Å². The lowest BCUT2D eigenvalue weighted by Gasteiger charge is -2.20. The van der Waals surface area contributed by atoms with E-state index in [-0.39, 0.29) is 17.4 Å². The lowest BCUT2D eigenvalue weighted by atomic mass is 10.1. The Balaban J connectivity index is 1.58. The SMILES string of the molecule is Cc1cc(C)cc(NC(=O)COc2ccc(S(=O)(=O)N3CCCCCC3)cc2)c1. The van der Waals surface area contributed by atoms with Crippen LogP contribution in [0.2, 0.25) is 0 Å². The van der Waals surface area contributed by atoms with Crippen LogP contribution in [0.5, 0.6) is 5.75 Å². The van der Waals surface area contributed by atoms with E-state index in [0.29, 0.717) is 18.8 Å². The van der Waals surface area contributed by atoms with Crippen LogP contribution in [-0.4, -0.2) is 38.3 Å². The van der Waals surface area contributed by atoms with E-state index >= 15 is 0 Å². The molecular weight excluding hydrogens is 388 g/mol. The summed E-state index contributed by atoms with van der Waals surface area (Å²) in [5.41, 5.74) is 2.87. The Kier molecular flexibility index (Phi) is 6.92. The lowest BCUT2D eigenvalue weighted by Crippen LogP contribution is -2.31. The Labute approximate surface area is 172 Å². The summed E-state index contributed by atoms with van der Waals surface area (Å²) in [5.74, 6) is 0.187. The molecule has 156 valence electrons. The van der Waals surface area contributed by atoms with Gasteiger partial charge in [-0.2, -0.15) is 4.31 Å². The van der Waals surface area contributed by atoms with Crippen molar-refractivity contribution in [3.63, 3.8) is 0 Å². The van der Waals surface area contributed by atoms with Crippen LogP contribution in [0, 0.1) is 13.8 Å². The van der Waals surface area contributed by atoms with E-state index < -0.39 is 10.0 Å². The van der Waals surface area contributed by atoms with Crippen molar-refractivity contribution in [1.82, 2.24) is 4.31 Å². The number of nitrogens with zero attached hydrogens (tertiary/aromatic N) is 1. The van der Waals surface area contributed by atoms with Crippen molar-refractivity contribution >= 4 is 21.6 Å². The molecular formula is C22H28N2O4S. The highest BCUT2D eigenvalue weighted by atomic mass is 32.2. The number of hydrogen-bond acceptors (Lipinski definition) is 4. The van der Waals surface area contributed by atoms with Gasteiger partial charge in [0.05, 0.1) is 4.90 Å². The van der Waals surface area contributed by atoms with Gasteiger partial charge in [-0.1, -0.05) is 18.9 Å². The predicted molar refractivity (Wildman–Crippen MR) is 114 cm³/mol. The number of benzene rings is 2. The fourth-order valence-corrected chi connectivity index (χ4v) is 5.05. The van der Waals surface area contributed by atoms with E-state index in [0.717, 1.165) is 42.5 Å². The van der Waals surface area contributed by atoms with E-state index in [2.05, 4.69) is 5.32 Å². The molecule has 0 atom stereocenters. The number of hydrogen-bond donors (Lipinski definition) is 1. The highest BCUT2D eigenvalue weighted by Gasteiger charge is 2.25. The van der Waals surface area contributed by atoms with Crippen LogP contribution in [0.15, 0.2) is 47.4 Å². The summed E-state index contributed by atoms with van der Waals surface area (Å²) < 4.78 is 32.7. The van der Waals surface area contributed by atoms with Crippen LogP contribution in [-0.2, 0) is 14.8 Å². The molecule has 1 fully saturated rings. The van der Waals surface area contributed by atoms with Crippen LogP contribution < -0.4 is 10.1 Å². The number of sulfonamides is 1. The largest absolute Gasteiger partial charge is 0.484 e. The maximum Gasteiger partial charge on any atom is 0.262 e. The first kappa shape index (κ1) is 21.3. The van der Waals surface area contributed by atoms with Gasteiger partial charge in [-0.25, -0.2) is 8.42 Å². The van der Waals surface area contributed by atoms with Crippen molar-refractivity contribution in [2.24, 2.45) is 0 Å². The van der Waals surface area contributed by atoms with Gasteiger partial charge in [0.25, 0.3) is 5.91 Å². The number of amides is 1. The Morgan fingerprint density at radius 1 is 0.966 bits per heavy atom. The van der Waals surface area contributed by atoms with Crippen LogP contribution >= 0.6 is 0 Å². The average molecular weight is 417 g/mol. The molecule has 2 aromatic rings. The number of ether oxygens (including phenoxy) is 1. The van der Waals surface area contributed by atoms with E-state index in [1.165, 1.54) is 12.1 Å². The number of rotatable bonds is 6. The van der Waals surface area contributed by atoms with Crippen molar-refractivity contribution in [1.29, 1.82) is 0 Å².